The van der Waals surface area contributed by atoms with E-state index in [0.717, 1.165) is 16.7 Å². The third kappa shape index (κ3) is 3.70. The van der Waals surface area contributed by atoms with Gasteiger partial charge in [0.15, 0.2) is 0 Å². The second kappa shape index (κ2) is 5.69. The Labute approximate surface area is 104 Å². The van der Waals surface area contributed by atoms with E-state index in [0.29, 0.717) is 0 Å². The summed E-state index contributed by atoms with van der Waals surface area (Å²) in [5, 5.41) is 2.44. The van der Waals surface area contributed by atoms with Crippen molar-refractivity contribution in [1.29, 1.82) is 0 Å². The van der Waals surface area contributed by atoms with Gasteiger partial charge in [-0.05, 0) is 37.5 Å². The molecule has 0 amide bonds. The summed E-state index contributed by atoms with van der Waals surface area (Å²) in [5.41, 5.74) is 2.95. The topological polar surface area (TPSA) is 12.0 Å². The monoisotopic (exact) mass is 263 g/mol. The predicted octanol–water partition coefficient (Wildman–Crippen LogP) is 3.85. The van der Waals surface area contributed by atoms with Crippen LogP contribution in [0.2, 0.25) is 0 Å². The molecular weight excluding hydrogens is 246 g/mol. The first-order valence-corrected chi connectivity index (χ1v) is 5.70. The van der Waals surface area contributed by atoms with Crippen LogP contribution in [-0.4, -0.2) is 18.9 Å². The van der Waals surface area contributed by atoms with E-state index in [2.05, 4.69) is 5.32 Å². The van der Waals surface area contributed by atoms with Crippen molar-refractivity contribution in [3.05, 3.63) is 34.9 Å². The molecule has 0 aliphatic rings. The lowest BCUT2D eigenvalue weighted by atomic mass is 10.0. The second-order valence-electron chi connectivity index (χ2n) is 4.51. The molecular formula is C13H17F4N. The lowest BCUT2D eigenvalue weighted by molar-refractivity contribution is -0.126. The number of aryl methyl sites for hydroxylation is 2. The minimum Gasteiger partial charge on any atom is -0.304 e. The molecule has 1 N–H and O–H groups in total. The number of halogens is 4. The summed E-state index contributed by atoms with van der Waals surface area (Å²) in [6.07, 6.45) is -3.64. The quantitative estimate of drug-likeness (QED) is 0.795. The summed E-state index contributed by atoms with van der Waals surface area (Å²) in [5.74, 6) is -3.99. The van der Waals surface area contributed by atoms with Gasteiger partial charge in [-0.2, -0.15) is 8.78 Å². The number of nitrogens with one attached hydrogen (secondary N) is 1. The van der Waals surface area contributed by atoms with Crippen molar-refractivity contribution in [1.82, 2.24) is 5.32 Å². The molecule has 102 valence electrons. The van der Waals surface area contributed by atoms with E-state index in [4.69, 9.17) is 0 Å². The fraction of sp³-hybridized carbons (Fsp3) is 0.538. The van der Waals surface area contributed by atoms with E-state index >= 15 is 0 Å². The second-order valence-corrected chi connectivity index (χ2v) is 4.51. The zero-order chi connectivity index (χ0) is 13.9. The van der Waals surface area contributed by atoms with Crippen LogP contribution in [-0.2, 0) is 0 Å². The summed E-state index contributed by atoms with van der Waals surface area (Å²) < 4.78 is 49.5. The molecule has 5 heteroatoms. The standard InChI is InChI=1S/C13H17F4N/c1-8-4-5-11(6-9(8)2)10(3)18-7-13(16,17)12(14)15/h4-6,10,12,18H,7H2,1-3H3. The summed E-state index contributed by atoms with van der Waals surface area (Å²) in [6, 6.07) is 5.16. The molecule has 1 aromatic rings. The third-order valence-corrected chi connectivity index (χ3v) is 2.99. The van der Waals surface area contributed by atoms with Crippen LogP contribution in [0.25, 0.3) is 0 Å². The van der Waals surface area contributed by atoms with E-state index in [-0.39, 0.29) is 0 Å². The highest BCUT2D eigenvalue weighted by Gasteiger charge is 2.40. The Morgan fingerprint density at radius 1 is 1.17 bits per heavy atom. The van der Waals surface area contributed by atoms with Crippen LogP contribution in [0.1, 0.15) is 29.7 Å². The maximum absolute atomic E-state index is 12.8. The number of alkyl halides is 4. The van der Waals surface area contributed by atoms with Crippen LogP contribution < -0.4 is 5.32 Å². The van der Waals surface area contributed by atoms with Gasteiger partial charge in [0.2, 0.25) is 0 Å². The Kier molecular flexibility index (Phi) is 4.73. The highest BCUT2D eigenvalue weighted by atomic mass is 19.3. The molecule has 0 aliphatic carbocycles. The van der Waals surface area contributed by atoms with Crippen molar-refractivity contribution in [2.75, 3.05) is 6.54 Å². The van der Waals surface area contributed by atoms with Gasteiger partial charge in [-0.25, -0.2) is 8.78 Å². The van der Waals surface area contributed by atoms with Gasteiger partial charge in [-0.15, -0.1) is 0 Å². The first kappa shape index (κ1) is 15.0. The Hall–Kier alpha value is -1.10. The molecule has 0 heterocycles. The van der Waals surface area contributed by atoms with Crippen molar-refractivity contribution >= 4 is 0 Å². The van der Waals surface area contributed by atoms with Crippen LogP contribution in [0.3, 0.4) is 0 Å². The van der Waals surface area contributed by atoms with Gasteiger partial charge < -0.3 is 5.32 Å². The summed E-state index contributed by atoms with van der Waals surface area (Å²) in [4.78, 5) is 0. The van der Waals surface area contributed by atoms with Gasteiger partial charge in [-0.1, -0.05) is 18.2 Å². The van der Waals surface area contributed by atoms with Crippen LogP contribution in [0.15, 0.2) is 18.2 Å². The largest absolute Gasteiger partial charge is 0.319 e. The third-order valence-electron chi connectivity index (χ3n) is 2.99. The average Bonchev–Trinajstić information content (AvgIpc) is 2.29. The van der Waals surface area contributed by atoms with Crippen LogP contribution in [0, 0.1) is 13.8 Å². The Morgan fingerprint density at radius 3 is 2.28 bits per heavy atom. The maximum atomic E-state index is 12.8. The molecule has 0 aliphatic heterocycles. The molecule has 1 aromatic carbocycles. The summed E-state index contributed by atoms with van der Waals surface area (Å²) in [7, 11) is 0. The molecule has 0 radical (unpaired) electrons. The van der Waals surface area contributed by atoms with Gasteiger partial charge in [0.1, 0.15) is 0 Å². The fourth-order valence-corrected chi connectivity index (χ4v) is 1.52. The normalized spacial score (nSPS) is 14.0. The van der Waals surface area contributed by atoms with Crippen molar-refractivity contribution in [2.45, 2.75) is 39.2 Å². The first-order chi connectivity index (χ1) is 8.24. The summed E-state index contributed by atoms with van der Waals surface area (Å²) in [6.45, 7) is 4.51. The molecule has 1 nitrogen and oxygen atoms in total. The van der Waals surface area contributed by atoms with Crippen LogP contribution >= 0.6 is 0 Å². The van der Waals surface area contributed by atoms with E-state index in [1.807, 2.05) is 26.0 Å². The van der Waals surface area contributed by atoms with Crippen LogP contribution in [0.4, 0.5) is 17.6 Å². The van der Waals surface area contributed by atoms with E-state index < -0.39 is 24.9 Å². The van der Waals surface area contributed by atoms with Crippen molar-refractivity contribution in [3.63, 3.8) is 0 Å². The molecule has 0 saturated carbocycles. The number of hydrogen-bond acceptors (Lipinski definition) is 1. The lowest BCUT2D eigenvalue weighted by Gasteiger charge is -2.20. The van der Waals surface area contributed by atoms with Gasteiger partial charge in [0.25, 0.3) is 0 Å². The van der Waals surface area contributed by atoms with E-state index in [1.165, 1.54) is 0 Å². The van der Waals surface area contributed by atoms with Crippen LogP contribution in [0.5, 0.6) is 0 Å². The SMILES string of the molecule is Cc1ccc(C(C)NCC(F)(F)C(F)F)cc1C. The molecule has 0 fully saturated rings. The minimum atomic E-state index is -3.99. The molecule has 18 heavy (non-hydrogen) atoms. The Bertz CT molecular complexity index is 404. The smallest absolute Gasteiger partial charge is 0.304 e. The molecule has 1 unspecified atom stereocenters. The number of benzene rings is 1. The summed E-state index contributed by atoms with van der Waals surface area (Å²) >= 11 is 0. The van der Waals surface area contributed by atoms with Crippen molar-refractivity contribution < 1.29 is 17.6 Å². The van der Waals surface area contributed by atoms with Gasteiger partial charge >= 0.3 is 12.3 Å². The van der Waals surface area contributed by atoms with Crippen molar-refractivity contribution in [3.8, 4) is 0 Å². The number of hydrogen-bond donors (Lipinski definition) is 1. The molecule has 1 atom stereocenters. The van der Waals surface area contributed by atoms with E-state index in [9.17, 15) is 17.6 Å². The fourth-order valence-electron chi connectivity index (χ4n) is 1.52. The van der Waals surface area contributed by atoms with Crippen molar-refractivity contribution in [2.24, 2.45) is 0 Å². The highest BCUT2D eigenvalue weighted by molar-refractivity contribution is 5.31. The average molecular weight is 263 g/mol. The maximum Gasteiger partial charge on any atom is 0.319 e. The highest BCUT2D eigenvalue weighted by Crippen LogP contribution is 2.23. The van der Waals surface area contributed by atoms with Gasteiger partial charge in [-0.3, -0.25) is 0 Å². The Balaban J connectivity index is 2.66. The lowest BCUT2D eigenvalue weighted by Crippen LogP contribution is -2.39. The number of rotatable bonds is 5. The zero-order valence-corrected chi connectivity index (χ0v) is 10.6. The van der Waals surface area contributed by atoms with Gasteiger partial charge in [0, 0.05) is 6.04 Å². The minimum absolute atomic E-state index is 0.395. The zero-order valence-electron chi connectivity index (χ0n) is 10.6. The molecule has 0 bridgehead atoms. The molecule has 0 saturated heterocycles. The first-order valence-electron chi connectivity index (χ1n) is 5.70. The van der Waals surface area contributed by atoms with E-state index in [1.54, 1.807) is 13.0 Å². The molecule has 0 aromatic heterocycles. The molecule has 0 spiro atoms. The predicted molar refractivity (Wildman–Crippen MR) is 63.3 cm³/mol. The van der Waals surface area contributed by atoms with Gasteiger partial charge in [0.05, 0.1) is 6.54 Å². The Morgan fingerprint density at radius 2 is 1.78 bits per heavy atom. The molecule has 1 rings (SSSR count).